The van der Waals surface area contributed by atoms with E-state index in [-0.39, 0.29) is 5.97 Å². The molecule has 1 fully saturated rings. The fraction of sp³-hybridized carbons (Fsp3) is 0.769. The lowest BCUT2D eigenvalue weighted by Gasteiger charge is -2.25. The minimum atomic E-state index is -0.655. The molecule has 1 aliphatic heterocycles. The highest BCUT2D eigenvalue weighted by Crippen LogP contribution is 2.13. The van der Waals surface area contributed by atoms with Crippen LogP contribution in [0.5, 0.6) is 0 Å². The first-order valence-electron chi connectivity index (χ1n) is 6.05. The smallest absolute Gasteiger partial charge is 0.304 e. The molecule has 0 spiro atoms. The molecule has 4 heteroatoms. The normalized spacial score (nSPS) is 19.9. The minimum Gasteiger partial charge on any atom is -0.446 e. The summed E-state index contributed by atoms with van der Waals surface area (Å²) < 4.78 is 10.5. The van der Waals surface area contributed by atoms with Gasteiger partial charge in [-0.25, -0.2) is 0 Å². The maximum atomic E-state index is 11.0. The standard InChI is InChI=1S/C13H21NO3/c1-4-13(3,17-12(2)15)6-5-7-14-8-10-16-11-9-14/h4,7-11H2,1-3H3/t13-/m0/s1. The average Bonchev–Trinajstić information content (AvgIpc) is 2.29. The number of rotatable bonds is 3. The molecule has 1 heterocycles. The Labute approximate surface area is 103 Å². The Balaban J connectivity index is 2.46. The van der Waals surface area contributed by atoms with E-state index in [4.69, 9.17) is 9.47 Å². The topological polar surface area (TPSA) is 38.8 Å². The zero-order chi connectivity index (χ0) is 12.7. The van der Waals surface area contributed by atoms with Gasteiger partial charge >= 0.3 is 5.97 Å². The van der Waals surface area contributed by atoms with Gasteiger partial charge < -0.3 is 9.47 Å². The first kappa shape index (κ1) is 14.0. The minimum absolute atomic E-state index is 0.282. The van der Waals surface area contributed by atoms with Crippen molar-refractivity contribution in [2.24, 2.45) is 0 Å². The summed E-state index contributed by atoms with van der Waals surface area (Å²) in [7, 11) is 0. The van der Waals surface area contributed by atoms with Gasteiger partial charge in [-0.05, 0) is 13.3 Å². The SMILES string of the molecule is CC[C@@](C)(C#CCN1CCOCC1)OC(C)=O. The predicted octanol–water partition coefficient (Wildman–Crippen LogP) is 1.05. The monoisotopic (exact) mass is 239 g/mol. The molecular formula is C13H21NO3. The average molecular weight is 239 g/mol. The van der Waals surface area contributed by atoms with Crippen LogP contribution in [0.25, 0.3) is 0 Å². The molecule has 0 saturated carbocycles. The van der Waals surface area contributed by atoms with Crippen molar-refractivity contribution in [2.45, 2.75) is 32.8 Å². The largest absolute Gasteiger partial charge is 0.446 e. The van der Waals surface area contributed by atoms with Gasteiger partial charge in [-0.15, -0.1) is 0 Å². The third-order valence-corrected chi connectivity index (χ3v) is 2.80. The van der Waals surface area contributed by atoms with Crippen molar-refractivity contribution >= 4 is 5.97 Å². The lowest BCUT2D eigenvalue weighted by Crippen LogP contribution is -2.36. The summed E-state index contributed by atoms with van der Waals surface area (Å²) >= 11 is 0. The summed E-state index contributed by atoms with van der Waals surface area (Å²) in [5, 5.41) is 0. The van der Waals surface area contributed by atoms with Crippen LogP contribution in [0.4, 0.5) is 0 Å². The van der Waals surface area contributed by atoms with Gasteiger partial charge in [0.15, 0.2) is 5.60 Å². The van der Waals surface area contributed by atoms with E-state index in [1.807, 2.05) is 13.8 Å². The van der Waals surface area contributed by atoms with Gasteiger partial charge in [-0.3, -0.25) is 9.69 Å². The van der Waals surface area contributed by atoms with E-state index in [1.165, 1.54) is 6.92 Å². The maximum Gasteiger partial charge on any atom is 0.304 e. The molecule has 96 valence electrons. The summed E-state index contributed by atoms with van der Waals surface area (Å²) in [6, 6.07) is 0. The Kier molecular flexibility index (Phi) is 5.46. The van der Waals surface area contributed by atoms with Gasteiger partial charge in [-0.1, -0.05) is 18.8 Å². The Morgan fingerprint density at radius 3 is 2.65 bits per heavy atom. The first-order valence-corrected chi connectivity index (χ1v) is 6.05. The molecule has 0 aromatic rings. The molecule has 0 aromatic carbocycles. The molecule has 0 aliphatic carbocycles. The van der Waals surface area contributed by atoms with E-state index < -0.39 is 5.60 Å². The Bertz CT molecular complexity index is 312. The molecule has 1 aliphatic rings. The lowest BCUT2D eigenvalue weighted by molar-refractivity contribution is -0.150. The molecule has 4 nitrogen and oxygen atoms in total. The summed E-state index contributed by atoms with van der Waals surface area (Å²) in [5.74, 6) is 5.86. The second kappa shape index (κ2) is 6.63. The quantitative estimate of drug-likeness (QED) is 0.545. The highest BCUT2D eigenvalue weighted by atomic mass is 16.6. The molecule has 0 unspecified atom stereocenters. The summed E-state index contributed by atoms with van der Waals surface area (Å²) in [6.45, 7) is 9.33. The highest BCUT2D eigenvalue weighted by Gasteiger charge is 2.22. The van der Waals surface area contributed by atoms with Crippen LogP contribution in [0.2, 0.25) is 0 Å². The van der Waals surface area contributed by atoms with Crippen molar-refractivity contribution in [1.82, 2.24) is 4.90 Å². The molecule has 17 heavy (non-hydrogen) atoms. The second-order valence-electron chi connectivity index (χ2n) is 4.37. The third kappa shape index (κ3) is 5.20. The number of ether oxygens (including phenoxy) is 2. The number of morpholine rings is 1. The van der Waals surface area contributed by atoms with E-state index >= 15 is 0 Å². The maximum absolute atomic E-state index is 11.0. The second-order valence-corrected chi connectivity index (χ2v) is 4.37. The van der Waals surface area contributed by atoms with Crippen LogP contribution in [0.1, 0.15) is 27.2 Å². The number of nitrogens with zero attached hydrogens (tertiary/aromatic N) is 1. The summed E-state index contributed by atoms with van der Waals surface area (Å²) in [6.07, 6.45) is 0.697. The lowest BCUT2D eigenvalue weighted by atomic mass is 10.0. The van der Waals surface area contributed by atoms with Gasteiger partial charge in [0.2, 0.25) is 0 Å². The highest BCUT2D eigenvalue weighted by molar-refractivity contribution is 5.67. The van der Waals surface area contributed by atoms with E-state index in [9.17, 15) is 4.79 Å². The number of carbonyl (C=O) groups is 1. The fourth-order valence-electron chi connectivity index (χ4n) is 1.60. The molecule has 0 amide bonds. The number of hydrogen-bond donors (Lipinski definition) is 0. The molecule has 0 bridgehead atoms. The van der Waals surface area contributed by atoms with Gasteiger partial charge in [0, 0.05) is 20.0 Å². The van der Waals surface area contributed by atoms with Crippen molar-refractivity contribution in [3.63, 3.8) is 0 Å². The van der Waals surface area contributed by atoms with E-state index in [0.29, 0.717) is 13.0 Å². The van der Waals surface area contributed by atoms with E-state index in [0.717, 1.165) is 26.3 Å². The van der Waals surface area contributed by atoms with Crippen molar-refractivity contribution < 1.29 is 14.3 Å². The molecule has 0 radical (unpaired) electrons. The third-order valence-electron chi connectivity index (χ3n) is 2.80. The van der Waals surface area contributed by atoms with Crippen LogP contribution >= 0.6 is 0 Å². The molecule has 1 saturated heterocycles. The molecule has 0 N–H and O–H groups in total. The first-order chi connectivity index (χ1) is 8.06. The Morgan fingerprint density at radius 2 is 2.12 bits per heavy atom. The summed E-state index contributed by atoms with van der Waals surface area (Å²) in [4.78, 5) is 13.2. The summed E-state index contributed by atoms with van der Waals surface area (Å²) in [5.41, 5.74) is -0.655. The van der Waals surface area contributed by atoms with Crippen LogP contribution in [-0.4, -0.2) is 49.3 Å². The predicted molar refractivity (Wildman–Crippen MR) is 65.5 cm³/mol. The number of carbonyl (C=O) groups excluding carboxylic acids is 1. The van der Waals surface area contributed by atoms with Gasteiger partial charge in [0.05, 0.1) is 19.8 Å². The van der Waals surface area contributed by atoms with Crippen LogP contribution < -0.4 is 0 Å². The molecular weight excluding hydrogens is 218 g/mol. The Morgan fingerprint density at radius 1 is 1.47 bits per heavy atom. The van der Waals surface area contributed by atoms with E-state index in [2.05, 4.69) is 16.7 Å². The van der Waals surface area contributed by atoms with Crippen molar-refractivity contribution in [2.75, 3.05) is 32.8 Å². The molecule has 1 rings (SSSR count). The number of hydrogen-bond acceptors (Lipinski definition) is 4. The van der Waals surface area contributed by atoms with Crippen molar-refractivity contribution in [1.29, 1.82) is 0 Å². The van der Waals surface area contributed by atoms with Gasteiger partial charge in [0.25, 0.3) is 0 Å². The van der Waals surface area contributed by atoms with Gasteiger partial charge in [0.1, 0.15) is 0 Å². The molecule has 0 aromatic heterocycles. The van der Waals surface area contributed by atoms with Crippen molar-refractivity contribution in [3.8, 4) is 11.8 Å². The zero-order valence-corrected chi connectivity index (χ0v) is 10.9. The van der Waals surface area contributed by atoms with Crippen LogP contribution in [-0.2, 0) is 14.3 Å². The van der Waals surface area contributed by atoms with Crippen LogP contribution in [0.3, 0.4) is 0 Å². The molecule has 1 atom stereocenters. The van der Waals surface area contributed by atoms with Gasteiger partial charge in [-0.2, -0.15) is 0 Å². The van der Waals surface area contributed by atoms with E-state index in [1.54, 1.807) is 0 Å². The number of esters is 1. The fourth-order valence-corrected chi connectivity index (χ4v) is 1.60. The van der Waals surface area contributed by atoms with Crippen LogP contribution in [0, 0.1) is 11.8 Å². The van der Waals surface area contributed by atoms with Crippen molar-refractivity contribution in [3.05, 3.63) is 0 Å². The van der Waals surface area contributed by atoms with Crippen LogP contribution in [0.15, 0.2) is 0 Å². The Hall–Kier alpha value is -1.05. The zero-order valence-electron chi connectivity index (χ0n) is 10.9.